The molecule has 0 fully saturated rings. The quantitative estimate of drug-likeness (QED) is 0.681. The SMILES string of the molecule is O=C(CCc1nc(-c2cccnc2)no1)NCc1cc(F)cc(Br)c1. The van der Waals surface area contributed by atoms with Crippen molar-refractivity contribution in [3.05, 3.63) is 64.5 Å². The predicted octanol–water partition coefficient (Wildman–Crippen LogP) is 3.28. The molecule has 0 unspecified atom stereocenters. The van der Waals surface area contributed by atoms with Crippen molar-refractivity contribution in [1.82, 2.24) is 20.4 Å². The van der Waals surface area contributed by atoms with E-state index in [1.54, 1.807) is 24.5 Å². The third kappa shape index (κ3) is 4.93. The molecule has 0 radical (unpaired) electrons. The second kappa shape index (κ2) is 7.98. The molecule has 0 saturated heterocycles. The Bertz CT molecular complexity index is 850. The summed E-state index contributed by atoms with van der Waals surface area (Å²) < 4.78 is 19.1. The number of nitrogens with zero attached hydrogens (tertiary/aromatic N) is 3. The van der Waals surface area contributed by atoms with Gasteiger partial charge in [0.15, 0.2) is 0 Å². The average Bonchev–Trinajstić information content (AvgIpc) is 3.07. The van der Waals surface area contributed by atoms with E-state index >= 15 is 0 Å². The van der Waals surface area contributed by atoms with Gasteiger partial charge in [0.05, 0.1) is 0 Å². The predicted molar refractivity (Wildman–Crippen MR) is 91.8 cm³/mol. The largest absolute Gasteiger partial charge is 0.352 e. The molecule has 1 N–H and O–H groups in total. The lowest BCUT2D eigenvalue weighted by atomic mass is 10.2. The van der Waals surface area contributed by atoms with Crippen molar-refractivity contribution in [2.24, 2.45) is 0 Å². The first kappa shape index (κ1) is 17.2. The first-order chi connectivity index (χ1) is 12.1. The van der Waals surface area contributed by atoms with Crippen molar-refractivity contribution in [2.45, 2.75) is 19.4 Å². The van der Waals surface area contributed by atoms with Gasteiger partial charge in [-0.2, -0.15) is 4.98 Å². The Morgan fingerprint density at radius 2 is 2.20 bits per heavy atom. The van der Waals surface area contributed by atoms with E-state index in [4.69, 9.17) is 4.52 Å². The summed E-state index contributed by atoms with van der Waals surface area (Å²) in [5.41, 5.74) is 1.43. The van der Waals surface area contributed by atoms with Crippen LogP contribution in [0.1, 0.15) is 17.9 Å². The summed E-state index contributed by atoms with van der Waals surface area (Å²) in [6.45, 7) is 0.250. The number of carbonyl (C=O) groups is 1. The van der Waals surface area contributed by atoms with Gasteiger partial charge in [0.2, 0.25) is 17.6 Å². The number of halogens is 2. The maximum atomic E-state index is 13.3. The summed E-state index contributed by atoms with van der Waals surface area (Å²) in [5, 5.41) is 6.61. The highest BCUT2D eigenvalue weighted by molar-refractivity contribution is 9.10. The number of hydrogen-bond donors (Lipinski definition) is 1. The Morgan fingerprint density at radius 1 is 1.32 bits per heavy atom. The van der Waals surface area contributed by atoms with E-state index in [9.17, 15) is 9.18 Å². The lowest BCUT2D eigenvalue weighted by Gasteiger charge is -2.05. The normalized spacial score (nSPS) is 10.6. The summed E-state index contributed by atoms with van der Waals surface area (Å²) in [5.74, 6) is 0.282. The van der Waals surface area contributed by atoms with Crippen molar-refractivity contribution < 1.29 is 13.7 Å². The molecule has 0 aliphatic carbocycles. The molecule has 0 saturated carbocycles. The van der Waals surface area contributed by atoms with Crippen LogP contribution in [0.4, 0.5) is 4.39 Å². The fourth-order valence-electron chi connectivity index (χ4n) is 2.19. The monoisotopic (exact) mass is 404 g/mol. The van der Waals surface area contributed by atoms with Crippen LogP contribution in [0, 0.1) is 5.82 Å². The topological polar surface area (TPSA) is 80.9 Å². The Kier molecular flexibility index (Phi) is 5.49. The van der Waals surface area contributed by atoms with Crippen LogP contribution in [-0.4, -0.2) is 21.0 Å². The number of carbonyl (C=O) groups excluding carboxylic acids is 1. The molecule has 25 heavy (non-hydrogen) atoms. The van der Waals surface area contributed by atoms with Crippen molar-refractivity contribution in [2.75, 3.05) is 0 Å². The van der Waals surface area contributed by atoms with E-state index in [0.717, 1.165) is 5.56 Å². The highest BCUT2D eigenvalue weighted by Crippen LogP contribution is 2.15. The van der Waals surface area contributed by atoms with E-state index in [0.29, 0.717) is 28.2 Å². The Balaban J connectivity index is 1.50. The van der Waals surface area contributed by atoms with Gasteiger partial charge in [-0.1, -0.05) is 21.1 Å². The molecule has 2 heterocycles. The Hall–Kier alpha value is -2.61. The number of benzene rings is 1. The maximum absolute atomic E-state index is 13.3. The minimum atomic E-state index is -0.354. The van der Waals surface area contributed by atoms with Gasteiger partial charge in [0.1, 0.15) is 5.82 Å². The van der Waals surface area contributed by atoms with Crippen LogP contribution in [0.3, 0.4) is 0 Å². The molecule has 0 spiro atoms. The first-order valence-corrected chi connectivity index (χ1v) is 8.34. The zero-order valence-corrected chi connectivity index (χ0v) is 14.7. The Labute approximate surface area is 151 Å². The van der Waals surface area contributed by atoms with E-state index < -0.39 is 0 Å². The third-order valence-corrected chi connectivity index (χ3v) is 3.82. The highest BCUT2D eigenvalue weighted by Gasteiger charge is 2.11. The second-order valence-corrected chi connectivity index (χ2v) is 6.22. The average molecular weight is 405 g/mol. The van der Waals surface area contributed by atoms with E-state index in [-0.39, 0.29) is 24.7 Å². The fraction of sp³-hybridized carbons (Fsp3) is 0.176. The molecular weight excluding hydrogens is 391 g/mol. The number of aryl methyl sites for hydroxylation is 1. The lowest BCUT2D eigenvalue weighted by Crippen LogP contribution is -2.23. The molecule has 2 aromatic heterocycles. The molecular formula is C17H14BrFN4O2. The summed E-state index contributed by atoms with van der Waals surface area (Å²) >= 11 is 3.22. The number of rotatable bonds is 6. The molecule has 3 rings (SSSR count). The van der Waals surface area contributed by atoms with Gasteiger partial charge in [-0.25, -0.2) is 4.39 Å². The summed E-state index contributed by atoms with van der Waals surface area (Å²) in [7, 11) is 0. The van der Waals surface area contributed by atoms with E-state index in [1.165, 1.54) is 12.1 Å². The zero-order valence-electron chi connectivity index (χ0n) is 13.1. The highest BCUT2D eigenvalue weighted by atomic mass is 79.9. The number of hydrogen-bond acceptors (Lipinski definition) is 5. The molecule has 0 aliphatic heterocycles. The molecule has 0 atom stereocenters. The van der Waals surface area contributed by atoms with Crippen molar-refractivity contribution >= 4 is 21.8 Å². The number of aromatic nitrogens is 3. The molecule has 1 amide bonds. The van der Waals surface area contributed by atoms with Crippen LogP contribution in [0.25, 0.3) is 11.4 Å². The summed E-state index contributed by atoms with van der Waals surface area (Å²) in [4.78, 5) is 20.2. The fourth-order valence-corrected chi connectivity index (χ4v) is 2.70. The van der Waals surface area contributed by atoms with Gasteiger partial charge in [0, 0.05) is 41.8 Å². The van der Waals surface area contributed by atoms with Crippen LogP contribution in [0.5, 0.6) is 0 Å². The standard InChI is InChI=1S/C17H14BrFN4O2/c18-13-6-11(7-14(19)8-13)9-21-15(24)3-4-16-22-17(23-25-16)12-2-1-5-20-10-12/h1-2,5-8,10H,3-4,9H2,(H,21,24). The van der Waals surface area contributed by atoms with Crippen molar-refractivity contribution in [3.8, 4) is 11.4 Å². The van der Waals surface area contributed by atoms with E-state index in [2.05, 4.69) is 36.4 Å². The smallest absolute Gasteiger partial charge is 0.227 e. The first-order valence-electron chi connectivity index (χ1n) is 7.55. The minimum Gasteiger partial charge on any atom is -0.352 e. The molecule has 128 valence electrons. The van der Waals surface area contributed by atoms with Crippen LogP contribution < -0.4 is 5.32 Å². The second-order valence-electron chi connectivity index (χ2n) is 5.31. The molecule has 0 aliphatic rings. The van der Waals surface area contributed by atoms with Gasteiger partial charge in [-0.05, 0) is 35.9 Å². The minimum absolute atomic E-state index is 0.179. The van der Waals surface area contributed by atoms with Gasteiger partial charge >= 0.3 is 0 Å². The zero-order chi connectivity index (χ0) is 17.6. The third-order valence-electron chi connectivity index (χ3n) is 3.37. The number of pyridine rings is 1. The summed E-state index contributed by atoms with van der Waals surface area (Å²) in [6, 6.07) is 8.10. The molecule has 8 heteroatoms. The number of amides is 1. The molecule has 6 nitrogen and oxygen atoms in total. The lowest BCUT2D eigenvalue weighted by molar-refractivity contribution is -0.121. The summed E-state index contributed by atoms with van der Waals surface area (Å²) in [6.07, 6.45) is 3.82. The van der Waals surface area contributed by atoms with Crippen molar-refractivity contribution in [3.63, 3.8) is 0 Å². The maximum Gasteiger partial charge on any atom is 0.227 e. The van der Waals surface area contributed by atoms with Gasteiger partial charge in [-0.15, -0.1) is 0 Å². The van der Waals surface area contributed by atoms with Crippen LogP contribution in [-0.2, 0) is 17.8 Å². The van der Waals surface area contributed by atoms with Crippen molar-refractivity contribution in [1.29, 1.82) is 0 Å². The van der Waals surface area contributed by atoms with Gasteiger partial charge < -0.3 is 9.84 Å². The molecule has 3 aromatic rings. The van der Waals surface area contributed by atoms with Crippen LogP contribution in [0.15, 0.2) is 51.7 Å². The number of nitrogens with one attached hydrogen (secondary N) is 1. The van der Waals surface area contributed by atoms with Crippen LogP contribution >= 0.6 is 15.9 Å². The molecule has 0 bridgehead atoms. The molecule has 1 aromatic carbocycles. The van der Waals surface area contributed by atoms with Gasteiger partial charge in [-0.3, -0.25) is 9.78 Å². The van der Waals surface area contributed by atoms with Crippen LogP contribution in [0.2, 0.25) is 0 Å². The Morgan fingerprint density at radius 3 is 2.96 bits per heavy atom. The van der Waals surface area contributed by atoms with E-state index in [1.807, 2.05) is 6.07 Å². The van der Waals surface area contributed by atoms with Gasteiger partial charge in [0.25, 0.3) is 0 Å².